The number of hydrogen-bond donors (Lipinski definition) is 1. The summed E-state index contributed by atoms with van der Waals surface area (Å²) in [5, 5.41) is 2.85. The molecule has 0 radical (unpaired) electrons. The molecule has 3 rings (SSSR count). The Labute approximate surface area is 122 Å². The van der Waals surface area contributed by atoms with Crippen LogP contribution in [0.2, 0.25) is 0 Å². The minimum Gasteiger partial charge on any atom is -0.350 e. The lowest BCUT2D eigenvalue weighted by Crippen LogP contribution is -2.25. The van der Waals surface area contributed by atoms with Crippen LogP contribution in [-0.2, 0) is 17.8 Å². The summed E-state index contributed by atoms with van der Waals surface area (Å²) in [6.45, 7) is 2.46. The molecule has 0 aliphatic carbocycles. The van der Waals surface area contributed by atoms with Crippen molar-refractivity contribution in [1.29, 1.82) is 0 Å². The van der Waals surface area contributed by atoms with E-state index in [4.69, 9.17) is 0 Å². The number of rotatable bonds is 4. The number of amides is 1. The van der Waals surface area contributed by atoms with Crippen molar-refractivity contribution in [3.05, 3.63) is 65.9 Å². The van der Waals surface area contributed by atoms with Crippen LogP contribution in [0.5, 0.6) is 0 Å². The van der Waals surface area contributed by atoms with Crippen molar-refractivity contribution in [2.24, 2.45) is 0 Å². The molecule has 0 atom stereocenters. The molecule has 0 aliphatic rings. The maximum absolute atomic E-state index is 11.9. The lowest BCUT2D eigenvalue weighted by atomic mass is 10.3. The molecule has 3 heterocycles. The lowest BCUT2D eigenvalue weighted by molar-refractivity contribution is -0.120. The van der Waals surface area contributed by atoms with Gasteiger partial charge in [-0.15, -0.1) is 0 Å². The van der Waals surface area contributed by atoms with E-state index in [1.165, 1.54) is 0 Å². The van der Waals surface area contributed by atoms with Crippen LogP contribution in [0.3, 0.4) is 0 Å². The monoisotopic (exact) mass is 280 g/mol. The number of imidazole rings is 1. The van der Waals surface area contributed by atoms with Crippen molar-refractivity contribution < 1.29 is 4.79 Å². The fourth-order valence-corrected chi connectivity index (χ4v) is 2.14. The second kappa shape index (κ2) is 5.75. The number of hydrogen-bond acceptors (Lipinski definition) is 3. The van der Waals surface area contributed by atoms with Crippen molar-refractivity contribution >= 4 is 11.6 Å². The highest BCUT2D eigenvalue weighted by Crippen LogP contribution is 2.08. The first-order chi connectivity index (χ1) is 10.2. The van der Waals surface area contributed by atoms with Gasteiger partial charge in [-0.1, -0.05) is 6.07 Å². The molecule has 0 spiro atoms. The minimum absolute atomic E-state index is 0.0548. The number of fused-ring (bicyclic) bond motifs is 1. The normalized spacial score (nSPS) is 10.7. The van der Waals surface area contributed by atoms with Crippen LogP contribution in [0.25, 0.3) is 5.65 Å². The third-order valence-corrected chi connectivity index (χ3v) is 3.20. The van der Waals surface area contributed by atoms with Crippen LogP contribution in [-0.4, -0.2) is 20.3 Å². The van der Waals surface area contributed by atoms with Gasteiger partial charge in [0.1, 0.15) is 5.65 Å². The molecule has 0 fully saturated rings. The van der Waals surface area contributed by atoms with E-state index in [0.717, 1.165) is 22.6 Å². The van der Waals surface area contributed by atoms with Gasteiger partial charge in [0, 0.05) is 18.6 Å². The van der Waals surface area contributed by atoms with Gasteiger partial charge in [-0.25, -0.2) is 4.98 Å². The van der Waals surface area contributed by atoms with Gasteiger partial charge in [0.15, 0.2) is 0 Å². The van der Waals surface area contributed by atoms with Crippen molar-refractivity contribution in [3.63, 3.8) is 0 Å². The van der Waals surface area contributed by atoms with E-state index in [1.54, 1.807) is 6.20 Å². The third kappa shape index (κ3) is 3.25. The number of nitrogens with one attached hydrogen (secondary N) is 1. The summed E-state index contributed by atoms with van der Waals surface area (Å²) >= 11 is 0. The molecule has 3 aromatic rings. The van der Waals surface area contributed by atoms with E-state index >= 15 is 0 Å². The van der Waals surface area contributed by atoms with Crippen LogP contribution >= 0.6 is 0 Å². The number of aromatic nitrogens is 3. The van der Waals surface area contributed by atoms with E-state index in [1.807, 2.05) is 54.0 Å². The number of carbonyl (C=O) groups is 1. The van der Waals surface area contributed by atoms with Gasteiger partial charge in [-0.3, -0.25) is 9.78 Å². The Morgan fingerprint density at radius 3 is 3.00 bits per heavy atom. The fraction of sp³-hybridized carbons (Fsp3) is 0.188. The number of pyridine rings is 2. The third-order valence-electron chi connectivity index (χ3n) is 3.20. The molecule has 5 heteroatoms. The Hall–Kier alpha value is -2.69. The van der Waals surface area contributed by atoms with E-state index in [-0.39, 0.29) is 12.3 Å². The molecular formula is C16H16N4O. The van der Waals surface area contributed by atoms with E-state index in [9.17, 15) is 4.79 Å². The fourth-order valence-electron chi connectivity index (χ4n) is 2.14. The average Bonchev–Trinajstić information content (AvgIpc) is 2.87. The standard InChI is InChI=1S/C16H16N4O/c1-12-5-7-20-11-14(19-15(20)8-12)9-16(21)18-10-13-4-2-3-6-17-13/h2-8,11H,9-10H2,1H3,(H,18,21). The Balaban J connectivity index is 1.63. The Bertz CT molecular complexity index is 764. The molecule has 0 unspecified atom stereocenters. The van der Waals surface area contributed by atoms with Crippen LogP contribution in [0.4, 0.5) is 0 Å². The second-order valence-corrected chi connectivity index (χ2v) is 4.98. The summed E-state index contributed by atoms with van der Waals surface area (Å²) in [7, 11) is 0. The quantitative estimate of drug-likeness (QED) is 0.794. The average molecular weight is 280 g/mol. The highest BCUT2D eigenvalue weighted by Gasteiger charge is 2.07. The molecule has 0 saturated carbocycles. The summed E-state index contributed by atoms with van der Waals surface area (Å²) in [5.41, 5.74) is 3.62. The smallest absolute Gasteiger partial charge is 0.226 e. The molecule has 1 amide bonds. The first-order valence-corrected chi connectivity index (χ1v) is 6.81. The Morgan fingerprint density at radius 1 is 1.29 bits per heavy atom. The van der Waals surface area contributed by atoms with Crippen LogP contribution in [0.15, 0.2) is 48.9 Å². The van der Waals surface area contributed by atoms with Gasteiger partial charge in [0.25, 0.3) is 0 Å². The molecule has 0 aliphatic heterocycles. The second-order valence-electron chi connectivity index (χ2n) is 4.98. The zero-order valence-electron chi connectivity index (χ0n) is 11.8. The van der Waals surface area contributed by atoms with E-state index < -0.39 is 0 Å². The number of aryl methyl sites for hydroxylation is 1. The summed E-state index contributed by atoms with van der Waals surface area (Å²) in [6, 6.07) is 9.64. The van der Waals surface area contributed by atoms with Gasteiger partial charge in [0.05, 0.1) is 24.4 Å². The van der Waals surface area contributed by atoms with E-state index in [2.05, 4.69) is 15.3 Å². The Morgan fingerprint density at radius 2 is 2.19 bits per heavy atom. The lowest BCUT2D eigenvalue weighted by Gasteiger charge is -2.02. The number of carbonyl (C=O) groups excluding carboxylic acids is 1. The van der Waals surface area contributed by atoms with Gasteiger partial charge < -0.3 is 9.72 Å². The maximum Gasteiger partial charge on any atom is 0.226 e. The molecule has 5 nitrogen and oxygen atoms in total. The largest absolute Gasteiger partial charge is 0.350 e. The maximum atomic E-state index is 11.9. The SMILES string of the molecule is Cc1ccn2cc(CC(=O)NCc3ccccn3)nc2c1. The molecule has 21 heavy (non-hydrogen) atoms. The number of nitrogens with zero attached hydrogens (tertiary/aromatic N) is 3. The van der Waals surface area contributed by atoms with Gasteiger partial charge in [-0.05, 0) is 36.8 Å². The summed E-state index contributed by atoms with van der Waals surface area (Å²) < 4.78 is 1.92. The van der Waals surface area contributed by atoms with Crippen molar-refractivity contribution in [2.75, 3.05) is 0 Å². The van der Waals surface area contributed by atoms with Gasteiger partial charge in [0.2, 0.25) is 5.91 Å². The predicted octanol–water partition coefficient (Wildman–Crippen LogP) is 1.90. The molecule has 0 aromatic carbocycles. The predicted molar refractivity (Wildman–Crippen MR) is 79.7 cm³/mol. The molecule has 0 saturated heterocycles. The highest BCUT2D eigenvalue weighted by atomic mass is 16.1. The highest BCUT2D eigenvalue weighted by molar-refractivity contribution is 5.78. The molecular weight excluding hydrogens is 264 g/mol. The van der Waals surface area contributed by atoms with Crippen molar-refractivity contribution in [3.8, 4) is 0 Å². The van der Waals surface area contributed by atoms with Crippen LogP contribution in [0.1, 0.15) is 17.0 Å². The first kappa shape index (κ1) is 13.3. The van der Waals surface area contributed by atoms with Crippen molar-refractivity contribution in [2.45, 2.75) is 19.9 Å². The topological polar surface area (TPSA) is 59.3 Å². The van der Waals surface area contributed by atoms with Gasteiger partial charge >= 0.3 is 0 Å². The zero-order chi connectivity index (χ0) is 14.7. The molecule has 3 aromatic heterocycles. The van der Waals surface area contributed by atoms with Crippen LogP contribution in [0, 0.1) is 6.92 Å². The van der Waals surface area contributed by atoms with Crippen molar-refractivity contribution in [1.82, 2.24) is 19.7 Å². The Kier molecular flexibility index (Phi) is 3.64. The molecule has 0 bridgehead atoms. The summed E-state index contributed by atoms with van der Waals surface area (Å²) in [4.78, 5) is 20.6. The van der Waals surface area contributed by atoms with Gasteiger partial charge in [-0.2, -0.15) is 0 Å². The zero-order valence-corrected chi connectivity index (χ0v) is 11.8. The molecule has 106 valence electrons. The summed E-state index contributed by atoms with van der Waals surface area (Å²) in [5.74, 6) is -0.0548. The minimum atomic E-state index is -0.0548. The first-order valence-electron chi connectivity index (χ1n) is 6.81. The van der Waals surface area contributed by atoms with E-state index in [0.29, 0.717) is 6.54 Å². The summed E-state index contributed by atoms with van der Waals surface area (Å²) in [6.07, 6.45) is 5.82. The van der Waals surface area contributed by atoms with Crippen LogP contribution < -0.4 is 5.32 Å². The molecule has 1 N–H and O–H groups in total.